The lowest BCUT2D eigenvalue weighted by atomic mass is 10.2. The van der Waals surface area contributed by atoms with Crippen molar-refractivity contribution >= 4 is 17.6 Å². The molecule has 0 saturated carbocycles. The Hall–Kier alpha value is -2.81. The first-order valence-corrected chi connectivity index (χ1v) is 6.54. The van der Waals surface area contributed by atoms with Gasteiger partial charge in [-0.2, -0.15) is 5.26 Å². The zero-order valence-electron chi connectivity index (χ0n) is 12.0. The lowest BCUT2D eigenvalue weighted by Gasteiger charge is -2.05. The van der Waals surface area contributed by atoms with Crippen molar-refractivity contribution in [1.82, 2.24) is 5.32 Å². The number of nitrogens with zero attached hydrogens (tertiary/aromatic N) is 1. The number of nitriles is 1. The number of rotatable bonds is 6. The molecule has 0 aliphatic rings. The van der Waals surface area contributed by atoms with Crippen LogP contribution in [0.3, 0.4) is 0 Å². The van der Waals surface area contributed by atoms with Crippen LogP contribution in [-0.2, 0) is 9.53 Å². The number of nitrogens with one attached hydrogen (secondary N) is 2. The molecule has 1 aromatic rings. The van der Waals surface area contributed by atoms with Crippen LogP contribution in [0, 0.1) is 11.3 Å². The first kappa shape index (κ1) is 16.2. The summed E-state index contributed by atoms with van der Waals surface area (Å²) in [7, 11) is 0. The average Bonchev–Trinajstić information content (AvgIpc) is 2.49. The molecule has 0 bridgehead atoms. The third kappa shape index (κ3) is 4.99. The Labute approximate surface area is 123 Å². The van der Waals surface area contributed by atoms with E-state index < -0.39 is 5.97 Å². The highest BCUT2D eigenvalue weighted by molar-refractivity contribution is 5.94. The second kappa shape index (κ2) is 8.38. The standard InChI is InChI=1S/C15H17N3O3/c1-3-17-14(19)11-5-7-13(8-6-11)18-10-12(9-16)15(20)21-4-2/h5-8,10,18H,3-4H2,1-2H3,(H,17,19)/b12-10-. The fourth-order valence-corrected chi connectivity index (χ4v) is 1.48. The number of carbonyl (C=O) groups is 2. The second-order valence-corrected chi connectivity index (χ2v) is 3.97. The fourth-order valence-electron chi connectivity index (χ4n) is 1.48. The van der Waals surface area contributed by atoms with Gasteiger partial charge in [-0.1, -0.05) is 0 Å². The molecule has 1 amide bonds. The Morgan fingerprint density at radius 1 is 1.29 bits per heavy atom. The van der Waals surface area contributed by atoms with Gasteiger partial charge in [0, 0.05) is 24.0 Å². The van der Waals surface area contributed by atoms with Crippen molar-refractivity contribution in [3.63, 3.8) is 0 Å². The molecule has 0 aliphatic carbocycles. The molecule has 1 aromatic carbocycles. The zero-order valence-corrected chi connectivity index (χ0v) is 12.0. The van der Waals surface area contributed by atoms with Crippen molar-refractivity contribution in [1.29, 1.82) is 5.26 Å². The van der Waals surface area contributed by atoms with E-state index in [4.69, 9.17) is 10.00 Å². The molecule has 2 N–H and O–H groups in total. The van der Waals surface area contributed by atoms with E-state index >= 15 is 0 Å². The van der Waals surface area contributed by atoms with Crippen molar-refractivity contribution in [3.8, 4) is 6.07 Å². The minimum absolute atomic E-state index is 0.121. The molecule has 1 rings (SSSR count). The van der Waals surface area contributed by atoms with Crippen LogP contribution < -0.4 is 10.6 Å². The summed E-state index contributed by atoms with van der Waals surface area (Å²) in [5.41, 5.74) is 1.07. The van der Waals surface area contributed by atoms with Crippen molar-refractivity contribution in [2.45, 2.75) is 13.8 Å². The Morgan fingerprint density at radius 3 is 2.48 bits per heavy atom. The highest BCUT2D eigenvalue weighted by atomic mass is 16.5. The molecule has 0 atom stereocenters. The molecule has 0 aromatic heterocycles. The minimum atomic E-state index is -0.675. The van der Waals surface area contributed by atoms with Gasteiger partial charge in [-0.25, -0.2) is 4.79 Å². The van der Waals surface area contributed by atoms with Gasteiger partial charge < -0.3 is 15.4 Å². The largest absolute Gasteiger partial charge is 0.462 e. The molecule has 6 nitrogen and oxygen atoms in total. The summed E-state index contributed by atoms with van der Waals surface area (Å²) in [5, 5.41) is 14.4. The van der Waals surface area contributed by atoms with Gasteiger partial charge in [0.05, 0.1) is 6.61 Å². The number of hydrogen-bond acceptors (Lipinski definition) is 5. The smallest absolute Gasteiger partial charge is 0.350 e. The van der Waals surface area contributed by atoms with E-state index in [-0.39, 0.29) is 18.1 Å². The van der Waals surface area contributed by atoms with Crippen LogP contribution in [0.4, 0.5) is 5.69 Å². The quantitative estimate of drug-likeness (QED) is 0.473. The maximum Gasteiger partial charge on any atom is 0.350 e. The summed E-state index contributed by atoms with van der Waals surface area (Å²) in [6, 6.07) is 8.43. The summed E-state index contributed by atoms with van der Waals surface area (Å²) >= 11 is 0. The number of amides is 1. The van der Waals surface area contributed by atoms with Crippen molar-refractivity contribution < 1.29 is 14.3 Å². The maximum atomic E-state index is 11.6. The molecule has 0 saturated heterocycles. The molecule has 6 heteroatoms. The normalized spacial score (nSPS) is 10.4. The number of ether oxygens (including phenoxy) is 1. The molecule has 0 heterocycles. The lowest BCUT2D eigenvalue weighted by Crippen LogP contribution is -2.22. The van der Waals surface area contributed by atoms with Crippen molar-refractivity contribution in [2.75, 3.05) is 18.5 Å². The highest BCUT2D eigenvalue weighted by Gasteiger charge is 2.09. The topological polar surface area (TPSA) is 91.2 Å². The van der Waals surface area contributed by atoms with Crippen LogP contribution in [0.2, 0.25) is 0 Å². The monoisotopic (exact) mass is 287 g/mol. The summed E-state index contributed by atoms with van der Waals surface area (Å²) in [6.07, 6.45) is 1.28. The van der Waals surface area contributed by atoms with Crippen molar-refractivity contribution in [2.24, 2.45) is 0 Å². The molecule has 0 radical (unpaired) electrons. The zero-order chi connectivity index (χ0) is 15.7. The summed E-state index contributed by atoms with van der Waals surface area (Å²) < 4.78 is 4.74. The molecular weight excluding hydrogens is 270 g/mol. The van der Waals surface area contributed by atoms with Crippen LogP contribution in [0.1, 0.15) is 24.2 Å². The van der Waals surface area contributed by atoms with E-state index in [9.17, 15) is 9.59 Å². The Balaban J connectivity index is 2.73. The molecule has 0 fully saturated rings. The van der Waals surface area contributed by atoms with Gasteiger partial charge in [0.2, 0.25) is 0 Å². The summed E-state index contributed by atoms with van der Waals surface area (Å²) in [5.74, 6) is -0.824. The molecule has 0 unspecified atom stereocenters. The van der Waals surface area contributed by atoms with Crippen LogP contribution in [0.25, 0.3) is 0 Å². The number of hydrogen-bond donors (Lipinski definition) is 2. The van der Waals surface area contributed by atoms with Crippen molar-refractivity contribution in [3.05, 3.63) is 41.6 Å². The first-order chi connectivity index (χ1) is 10.1. The highest BCUT2D eigenvalue weighted by Crippen LogP contribution is 2.10. The molecule has 110 valence electrons. The first-order valence-electron chi connectivity index (χ1n) is 6.54. The summed E-state index contributed by atoms with van der Waals surface area (Å²) in [6.45, 7) is 4.28. The van der Waals surface area contributed by atoms with E-state index in [0.717, 1.165) is 0 Å². The van der Waals surface area contributed by atoms with Crippen LogP contribution in [0.5, 0.6) is 0 Å². The Bertz CT molecular complexity index is 571. The third-order valence-electron chi connectivity index (χ3n) is 2.48. The van der Waals surface area contributed by atoms with E-state index in [2.05, 4.69) is 10.6 Å². The van der Waals surface area contributed by atoms with Gasteiger partial charge in [0.15, 0.2) is 5.57 Å². The molecule has 0 spiro atoms. The predicted octanol–water partition coefficient (Wildman–Crippen LogP) is 1.82. The van der Waals surface area contributed by atoms with Gasteiger partial charge in [-0.3, -0.25) is 4.79 Å². The van der Waals surface area contributed by atoms with E-state index in [1.165, 1.54) is 6.20 Å². The van der Waals surface area contributed by atoms with Crippen LogP contribution in [0.15, 0.2) is 36.0 Å². The SMILES string of the molecule is CCNC(=O)c1ccc(N/C=C(/C#N)C(=O)OCC)cc1. The number of carbonyl (C=O) groups excluding carboxylic acids is 2. The van der Waals surface area contributed by atoms with Gasteiger partial charge in [-0.05, 0) is 38.1 Å². The molecule has 21 heavy (non-hydrogen) atoms. The van der Waals surface area contributed by atoms with Crippen LogP contribution in [-0.4, -0.2) is 25.0 Å². The van der Waals surface area contributed by atoms with Gasteiger partial charge in [0.1, 0.15) is 6.07 Å². The van der Waals surface area contributed by atoms with Crippen LogP contribution >= 0.6 is 0 Å². The number of anilines is 1. The minimum Gasteiger partial charge on any atom is -0.462 e. The Kier molecular flexibility index (Phi) is 6.48. The van der Waals surface area contributed by atoms with E-state index in [1.54, 1.807) is 37.3 Å². The average molecular weight is 287 g/mol. The van der Waals surface area contributed by atoms with E-state index in [1.807, 2.05) is 6.92 Å². The second-order valence-electron chi connectivity index (χ2n) is 3.97. The maximum absolute atomic E-state index is 11.6. The van der Waals surface area contributed by atoms with Gasteiger partial charge in [0.25, 0.3) is 5.91 Å². The predicted molar refractivity (Wildman–Crippen MR) is 78.4 cm³/mol. The molecule has 0 aliphatic heterocycles. The van der Waals surface area contributed by atoms with Gasteiger partial charge in [-0.15, -0.1) is 0 Å². The lowest BCUT2D eigenvalue weighted by molar-refractivity contribution is -0.138. The fraction of sp³-hybridized carbons (Fsp3) is 0.267. The van der Waals surface area contributed by atoms with Gasteiger partial charge >= 0.3 is 5.97 Å². The third-order valence-corrected chi connectivity index (χ3v) is 2.48. The Morgan fingerprint density at radius 2 is 1.95 bits per heavy atom. The van der Waals surface area contributed by atoms with E-state index in [0.29, 0.717) is 17.8 Å². The number of esters is 1. The summed E-state index contributed by atoms with van der Waals surface area (Å²) in [4.78, 5) is 23.0. The number of benzene rings is 1. The molecular formula is C15H17N3O3.